The molecule has 2 aromatic rings. The van der Waals surface area contributed by atoms with Gasteiger partial charge in [0.25, 0.3) is 0 Å². The molecule has 5 nitrogen and oxygen atoms in total. The van der Waals surface area contributed by atoms with Crippen LogP contribution in [-0.4, -0.2) is 16.8 Å². The quantitative estimate of drug-likeness (QED) is 0.831. The Morgan fingerprint density at radius 3 is 2.54 bits per heavy atom. The minimum atomic E-state index is -0.938. The molecule has 1 fully saturated rings. The Hall–Kier alpha value is -2.69. The third kappa shape index (κ3) is 3.30. The maximum atomic E-state index is 12.6. The summed E-state index contributed by atoms with van der Waals surface area (Å²) in [5, 5.41) is 5.73. The summed E-state index contributed by atoms with van der Waals surface area (Å²) in [7, 11) is 0. The van der Waals surface area contributed by atoms with E-state index >= 15 is 0 Å². The van der Waals surface area contributed by atoms with Crippen LogP contribution in [0.3, 0.4) is 0 Å². The minimum Gasteiger partial charge on any atom is -0.350 e. The molecule has 1 aliphatic rings. The van der Waals surface area contributed by atoms with Gasteiger partial charge in [-0.1, -0.05) is 23.8 Å². The number of amides is 2. The third-order valence-corrected chi connectivity index (χ3v) is 4.41. The van der Waals surface area contributed by atoms with E-state index in [4.69, 9.17) is 0 Å². The Morgan fingerprint density at radius 2 is 1.92 bits per heavy atom. The molecule has 0 atom stereocenters. The summed E-state index contributed by atoms with van der Waals surface area (Å²) in [5.74, 6) is -0.455. The average molecular weight is 323 g/mol. The highest BCUT2D eigenvalue weighted by Gasteiger charge is 2.56. The van der Waals surface area contributed by atoms with E-state index in [1.165, 1.54) is 0 Å². The van der Waals surface area contributed by atoms with Crippen molar-refractivity contribution >= 4 is 17.5 Å². The standard InChI is InChI=1S/C19H21N3O2/c1-13-6-7-16(14(2)11-13)22-18(24)19(8-9-19)17(23)21-12-15-5-3-4-10-20-15/h3-7,10-11H,8-9,12H2,1-2H3,(H,21,23)(H,22,24). The van der Waals surface area contributed by atoms with Gasteiger partial charge in [-0.15, -0.1) is 0 Å². The molecule has 1 aromatic heterocycles. The summed E-state index contributed by atoms with van der Waals surface area (Å²) >= 11 is 0. The molecular weight excluding hydrogens is 302 g/mol. The smallest absolute Gasteiger partial charge is 0.240 e. The van der Waals surface area contributed by atoms with Crippen molar-refractivity contribution in [1.29, 1.82) is 0 Å². The fourth-order valence-electron chi connectivity index (χ4n) is 2.72. The highest BCUT2D eigenvalue weighted by atomic mass is 16.2. The van der Waals surface area contributed by atoms with Gasteiger partial charge in [-0.05, 0) is 50.5 Å². The number of aromatic nitrogens is 1. The van der Waals surface area contributed by atoms with Crippen LogP contribution < -0.4 is 10.6 Å². The van der Waals surface area contributed by atoms with Crippen LogP contribution in [0.1, 0.15) is 29.7 Å². The van der Waals surface area contributed by atoms with Crippen LogP contribution >= 0.6 is 0 Å². The topological polar surface area (TPSA) is 71.1 Å². The molecule has 0 unspecified atom stereocenters. The summed E-state index contributed by atoms with van der Waals surface area (Å²) in [4.78, 5) is 29.2. The number of anilines is 1. The first kappa shape index (κ1) is 16.2. The van der Waals surface area contributed by atoms with Crippen molar-refractivity contribution < 1.29 is 9.59 Å². The van der Waals surface area contributed by atoms with Crippen molar-refractivity contribution in [2.45, 2.75) is 33.2 Å². The summed E-state index contributed by atoms with van der Waals surface area (Å²) in [6.45, 7) is 4.29. The second-order valence-electron chi connectivity index (χ2n) is 6.36. The van der Waals surface area contributed by atoms with Gasteiger partial charge < -0.3 is 10.6 Å². The van der Waals surface area contributed by atoms with E-state index < -0.39 is 5.41 Å². The van der Waals surface area contributed by atoms with Crippen molar-refractivity contribution in [2.24, 2.45) is 5.41 Å². The molecule has 1 saturated carbocycles. The highest BCUT2D eigenvalue weighted by Crippen LogP contribution is 2.47. The van der Waals surface area contributed by atoms with Crippen LogP contribution in [0.4, 0.5) is 5.69 Å². The maximum Gasteiger partial charge on any atom is 0.240 e. The maximum absolute atomic E-state index is 12.6. The van der Waals surface area contributed by atoms with Crippen LogP contribution in [-0.2, 0) is 16.1 Å². The molecule has 5 heteroatoms. The van der Waals surface area contributed by atoms with Gasteiger partial charge in [0.15, 0.2) is 0 Å². The lowest BCUT2D eigenvalue weighted by Crippen LogP contribution is -2.39. The number of benzene rings is 1. The number of nitrogens with zero attached hydrogens (tertiary/aromatic N) is 1. The number of carbonyl (C=O) groups excluding carboxylic acids is 2. The number of hydrogen-bond donors (Lipinski definition) is 2. The van der Waals surface area contributed by atoms with Gasteiger partial charge in [-0.3, -0.25) is 14.6 Å². The second kappa shape index (κ2) is 6.43. The molecule has 1 aromatic carbocycles. The summed E-state index contributed by atoms with van der Waals surface area (Å²) in [6, 6.07) is 11.4. The van der Waals surface area contributed by atoms with Crippen molar-refractivity contribution in [3.63, 3.8) is 0 Å². The first-order valence-corrected chi connectivity index (χ1v) is 8.08. The minimum absolute atomic E-state index is 0.226. The Balaban J connectivity index is 1.64. The van der Waals surface area contributed by atoms with Crippen LogP contribution in [0, 0.1) is 19.3 Å². The first-order valence-electron chi connectivity index (χ1n) is 8.08. The zero-order valence-electron chi connectivity index (χ0n) is 13.9. The van der Waals surface area contributed by atoms with Gasteiger partial charge in [0.1, 0.15) is 5.41 Å². The monoisotopic (exact) mass is 323 g/mol. The molecule has 0 bridgehead atoms. The van der Waals surface area contributed by atoms with Crippen LogP contribution in [0.25, 0.3) is 0 Å². The molecule has 0 spiro atoms. The SMILES string of the molecule is Cc1ccc(NC(=O)C2(C(=O)NCc3ccccn3)CC2)c(C)c1. The largest absolute Gasteiger partial charge is 0.350 e. The lowest BCUT2D eigenvalue weighted by atomic mass is 10.0. The number of rotatable bonds is 5. The average Bonchev–Trinajstić information content (AvgIpc) is 3.38. The van der Waals surface area contributed by atoms with E-state index in [1.54, 1.807) is 6.20 Å². The number of pyridine rings is 1. The predicted octanol–water partition coefficient (Wildman–Crippen LogP) is 2.73. The summed E-state index contributed by atoms with van der Waals surface area (Å²) in [6.07, 6.45) is 2.84. The lowest BCUT2D eigenvalue weighted by molar-refractivity contribution is -0.134. The third-order valence-electron chi connectivity index (χ3n) is 4.41. The fraction of sp³-hybridized carbons (Fsp3) is 0.316. The Labute approximate surface area is 141 Å². The molecule has 24 heavy (non-hydrogen) atoms. The summed E-state index contributed by atoms with van der Waals surface area (Å²) < 4.78 is 0. The van der Waals surface area contributed by atoms with E-state index in [9.17, 15) is 9.59 Å². The van der Waals surface area contributed by atoms with Crippen molar-refractivity contribution in [2.75, 3.05) is 5.32 Å². The molecule has 1 heterocycles. The van der Waals surface area contributed by atoms with Crippen molar-refractivity contribution in [1.82, 2.24) is 10.3 Å². The van der Waals surface area contributed by atoms with Crippen molar-refractivity contribution in [3.8, 4) is 0 Å². The highest BCUT2D eigenvalue weighted by molar-refractivity contribution is 6.13. The normalized spacial score (nSPS) is 14.8. The van der Waals surface area contributed by atoms with E-state index in [0.29, 0.717) is 19.4 Å². The van der Waals surface area contributed by atoms with Crippen molar-refractivity contribution in [3.05, 3.63) is 59.4 Å². The van der Waals surface area contributed by atoms with Gasteiger partial charge >= 0.3 is 0 Å². The van der Waals surface area contributed by atoms with Gasteiger partial charge in [-0.25, -0.2) is 0 Å². The van der Waals surface area contributed by atoms with Gasteiger partial charge in [0.05, 0.1) is 12.2 Å². The molecule has 0 saturated heterocycles. The molecular formula is C19H21N3O2. The van der Waals surface area contributed by atoms with E-state index in [2.05, 4.69) is 15.6 Å². The van der Waals surface area contributed by atoms with E-state index in [1.807, 2.05) is 50.2 Å². The second-order valence-corrected chi connectivity index (χ2v) is 6.36. The Morgan fingerprint density at radius 1 is 1.12 bits per heavy atom. The zero-order valence-corrected chi connectivity index (χ0v) is 13.9. The Kier molecular flexibility index (Phi) is 4.34. The van der Waals surface area contributed by atoms with Gasteiger partial charge in [-0.2, -0.15) is 0 Å². The first-order chi connectivity index (χ1) is 11.5. The zero-order chi connectivity index (χ0) is 17.2. The van der Waals surface area contributed by atoms with Crippen LogP contribution in [0.15, 0.2) is 42.6 Å². The van der Waals surface area contributed by atoms with Gasteiger partial charge in [0, 0.05) is 11.9 Å². The molecule has 2 amide bonds. The summed E-state index contributed by atoms with van der Waals surface area (Å²) in [5.41, 5.74) is 2.73. The molecule has 0 radical (unpaired) electrons. The van der Waals surface area contributed by atoms with Crippen LogP contribution in [0.2, 0.25) is 0 Å². The molecule has 0 aliphatic heterocycles. The lowest BCUT2D eigenvalue weighted by Gasteiger charge is -2.16. The van der Waals surface area contributed by atoms with E-state index in [-0.39, 0.29) is 11.8 Å². The number of aryl methyl sites for hydroxylation is 2. The van der Waals surface area contributed by atoms with Crippen LogP contribution in [0.5, 0.6) is 0 Å². The number of nitrogens with one attached hydrogen (secondary N) is 2. The fourth-order valence-corrected chi connectivity index (χ4v) is 2.72. The Bertz CT molecular complexity index is 767. The predicted molar refractivity (Wildman–Crippen MR) is 92.3 cm³/mol. The molecule has 124 valence electrons. The molecule has 2 N–H and O–H groups in total. The molecule has 1 aliphatic carbocycles. The molecule has 3 rings (SSSR count). The number of hydrogen-bond acceptors (Lipinski definition) is 3. The van der Waals surface area contributed by atoms with E-state index in [0.717, 1.165) is 22.5 Å². The van der Waals surface area contributed by atoms with Gasteiger partial charge in [0.2, 0.25) is 11.8 Å². The number of carbonyl (C=O) groups is 2.